The second-order valence-corrected chi connectivity index (χ2v) is 5.71. The van der Waals surface area contributed by atoms with Crippen LogP contribution in [0.15, 0.2) is 12.4 Å². The van der Waals surface area contributed by atoms with E-state index in [1.807, 2.05) is 0 Å². The predicted molar refractivity (Wildman–Crippen MR) is 62.6 cm³/mol. The smallest absolute Gasteiger partial charge is 0.393 e. The Labute approximate surface area is 109 Å². The molecule has 2 fully saturated rings. The molecule has 2 saturated carbocycles. The van der Waals surface area contributed by atoms with Crippen molar-refractivity contribution in [2.45, 2.75) is 56.3 Å². The average molecular weight is 274 g/mol. The van der Waals surface area contributed by atoms with Crippen LogP contribution < -0.4 is 0 Å². The Morgan fingerprint density at radius 2 is 1.95 bits per heavy atom. The molecule has 6 heteroatoms. The van der Waals surface area contributed by atoms with Gasteiger partial charge in [0.15, 0.2) is 0 Å². The van der Waals surface area contributed by atoms with Gasteiger partial charge in [-0.1, -0.05) is 0 Å². The molecule has 3 atom stereocenters. The summed E-state index contributed by atoms with van der Waals surface area (Å²) in [6, 6.07) is -0.767. The fourth-order valence-electron chi connectivity index (χ4n) is 2.96. The van der Waals surface area contributed by atoms with Crippen LogP contribution in [0.4, 0.5) is 13.2 Å². The van der Waals surface area contributed by atoms with E-state index in [-0.39, 0.29) is 19.3 Å². The lowest BCUT2D eigenvalue weighted by Gasteiger charge is -2.35. The van der Waals surface area contributed by atoms with Crippen molar-refractivity contribution in [3.05, 3.63) is 18.0 Å². The SMILES string of the molecule is OC1CCC(C(F)(F)F)C(n2cc(C3CC3)cn2)C1. The number of aromatic nitrogens is 2. The van der Waals surface area contributed by atoms with E-state index in [1.54, 1.807) is 12.4 Å². The maximum Gasteiger partial charge on any atom is 0.393 e. The van der Waals surface area contributed by atoms with Gasteiger partial charge in [0, 0.05) is 6.20 Å². The molecule has 106 valence electrons. The van der Waals surface area contributed by atoms with E-state index in [4.69, 9.17) is 0 Å². The molecule has 1 aromatic rings. The molecular weight excluding hydrogens is 257 g/mol. The van der Waals surface area contributed by atoms with Crippen molar-refractivity contribution in [1.82, 2.24) is 9.78 Å². The van der Waals surface area contributed by atoms with Crippen LogP contribution in [0, 0.1) is 5.92 Å². The third-order valence-corrected chi connectivity index (χ3v) is 4.22. The Morgan fingerprint density at radius 1 is 1.21 bits per heavy atom. The molecule has 1 heterocycles. The van der Waals surface area contributed by atoms with E-state index >= 15 is 0 Å². The highest BCUT2D eigenvalue weighted by molar-refractivity contribution is 5.17. The van der Waals surface area contributed by atoms with E-state index in [1.165, 1.54) is 4.68 Å². The molecule has 3 nitrogen and oxygen atoms in total. The highest BCUT2D eigenvalue weighted by atomic mass is 19.4. The van der Waals surface area contributed by atoms with Crippen molar-refractivity contribution in [2.24, 2.45) is 5.92 Å². The molecule has 2 aliphatic carbocycles. The molecule has 0 aromatic carbocycles. The molecule has 3 unspecified atom stereocenters. The number of rotatable bonds is 2. The van der Waals surface area contributed by atoms with Gasteiger partial charge in [-0.05, 0) is 43.6 Å². The fourth-order valence-corrected chi connectivity index (χ4v) is 2.96. The Balaban J connectivity index is 1.84. The number of hydrogen-bond donors (Lipinski definition) is 1. The molecule has 0 spiro atoms. The molecule has 19 heavy (non-hydrogen) atoms. The molecule has 2 aliphatic rings. The van der Waals surface area contributed by atoms with Crippen LogP contribution in [0.5, 0.6) is 0 Å². The summed E-state index contributed by atoms with van der Waals surface area (Å²) in [7, 11) is 0. The summed E-state index contributed by atoms with van der Waals surface area (Å²) in [5.41, 5.74) is 1.03. The van der Waals surface area contributed by atoms with Crippen molar-refractivity contribution in [3.8, 4) is 0 Å². The van der Waals surface area contributed by atoms with Gasteiger partial charge >= 0.3 is 6.18 Å². The monoisotopic (exact) mass is 274 g/mol. The van der Waals surface area contributed by atoms with Crippen molar-refractivity contribution >= 4 is 0 Å². The zero-order valence-electron chi connectivity index (χ0n) is 10.5. The van der Waals surface area contributed by atoms with Crippen molar-refractivity contribution in [1.29, 1.82) is 0 Å². The molecule has 3 rings (SSSR count). The third-order valence-electron chi connectivity index (χ3n) is 4.22. The van der Waals surface area contributed by atoms with Crippen LogP contribution in [0.1, 0.15) is 49.6 Å². The van der Waals surface area contributed by atoms with Gasteiger partial charge in [0.2, 0.25) is 0 Å². The van der Waals surface area contributed by atoms with E-state index in [0.29, 0.717) is 5.92 Å². The summed E-state index contributed by atoms with van der Waals surface area (Å²) in [6.45, 7) is 0. The lowest BCUT2D eigenvalue weighted by atomic mass is 9.82. The molecule has 0 amide bonds. The van der Waals surface area contributed by atoms with E-state index in [0.717, 1.165) is 18.4 Å². The molecule has 0 saturated heterocycles. The summed E-state index contributed by atoms with van der Waals surface area (Å²) in [5, 5.41) is 13.7. The summed E-state index contributed by atoms with van der Waals surface area (Å²) in [4.78, 5) is 0. The minimum atomic E-state index is -4.23. The van der Waals surface area contributed by atoms with Crippen LogP contribution in [-0.2, 0) is 0 Å². The van der Waals surface area contributed by atoms with E-state index < -0.39 is 24.2 Å². The molecule has 0 bridgehead atoms. The maximum absolute atomic E-state index is 13.1. The van der Waals surface area contributed by atoms with Gasteiger partial charge in [-0.25, -0.2) is 0 Å². The van der Waals surface area contributed by atoms with Crippen LogP contribution in [0.3, 0.4) is 0 Å². The summed E-state index contributed by atoms with van der Waals surface area (Å²) < 4.78 is 40.6. The standard InChI is InChI=1S/C13H17F3N2O/c14-13(15,16)11-4-3-10(19)5-12(11)18-7-9(6-17-18)8-1-2-8/h6-8,10-12,19H,1-5H2. The van der Waals surface area contributed by atoms with E-state index in [9.17, 15) is 18.3 Å². The highest BCUT2D eigenvalue weighted by Gasteiger charge is 2.48. The van der Waals surface area contributed by atoms with Crippen molar-refractivity contribution in [3.63, 3.8) is 0 Å². The van der Waals surface area contributed by atoms with Crippen molar-refractivity contribution < 1.29 is 18.3 Å². The second kappa shape index (κ2) is 4.51. The predicted octanol–water partition coefficient (Wildman–Crippen LogP) is 3.02. The highest BCUT2D eigenvalue weighted by Crippen LogP contribution is 2.45. The molecule has 0 radical (unpaired) electrons. The van der Waals surface area contributed by atoms with Gasteiger partial charge in [0.05, 0.1) is 24.3 Å². The molecule has 0 aliphatic heterocycles. The Kier molecular flexibility index (Phi) is 3.08. The van der Waals surface area contributed by atoms with Crippen LogP contribution in [0.2, 0.25) is 0 Å². The van der Waals surface area contributed by atoms with Crippen LogP contribution in [0.25, 0.3) is 0 Å². The van der Waals surface area contributed by atoms with Crippen LogP contribution in [-0.4, -0.2) is 27.2 Å². The molecule has 1 N–H and O–H groups in total. The normalized spacial score (nSPS) is 32.5. The topological polar surface area (TPSA) is 38.0 Å². The Morgan fingerprint density at radius 3 is 2.58 bits per heavy atom. The zero-order valence-corrected chi connectivity index (χ0v) is 10.5. The Bertz CT molecular complexity index is 453. The number of halogens is 3. The summed E-state index contributed by atoms with van der Waals surface area (Å²) in [5.74, 6) is -0.922. The van der Waals surface area contributed by atoms with Crippen LogP contribution >= 0.6 is 0 Å². The first-order valence-corrected chi connectivity index (χ1v) is 6.74. The van der Waals surface area contributed by atoms with Gasteiger partial charge in [-0.15, -0.1) is 0 Å². The largest absolute Gasteiger partial charge is 0.393 e. The first-order valence-electron chi connectivity index (χ1n) is 6.74. The minimum Gasteiger partial charge on any atom is -0.393 e. The van der Waals surface area contributed by atoms with Gasteiger partial charge in [-0.2, -0.15) is 18.3 Å². The molecule has 1 aromatic heterocycles. The van der Waals surface area contributed by atoms with Gasteiger partial charge in [-0.3, -0.25) is 4.68 Å². The lowest BCUT2D eigenvalue weighted by Crippen LogP contribution is -2.38. The summed E-state index contributed by atoms with van der Waals surface area (Å²) in [6.07, 6.45) is 1.06. The lowest BCUT2D eigenvalue weighted by molar-refractivity contribution is -0.199. The second-order valence-electron chi connectivity index (χ2n) is 5.71. The quantitative estimate of drug-likeness (QED) is 0.900. The number of alkyl halides is 3. The number of hydrogen-bond acceptors (Lipinski definition) is 2. The number of aliphatic hydroxyl groups excluding tert-OH is 1. The maximum atomic E-state index is 13.1. The first kappa shape index (κ1) is 13.0. The first-order chi connectivity index (χ1) is 8.95. The van der Waals surface area contributed by atoms with Gasteiger partial charge in [0.1, 0.15) is 0 Å². The van der Waals surface area contributed by atoms with Gasteiger partial charge in [0.25, 0.3) is 0 Å². The summed E-state index contributed by atoms with van der Waals surface area (Å²) >= 11 is 0. The Hall–Kier alpha value is -1.04. The third kappa shape index (κ3) is 2.63. The molecular formula is C13H17F3N2O. The fraction of sp³-hybridized carbons (Fsp3) is 0.769. The van der Waals surface area contributed by atoms with E-state index in [2.05, 4.69) is 5.10 Å². The van der Waals surface area contributed by atoms with Gasteiger partial charge < -0.3 is 5.11 Å². The van der Waals surface area contributed by atoms with Crippen molar-refractivity contribution in [2.75, 3.05) is 0 Å². The average Bonchev–Trinajstić information content (AvgIpc) is 3.05. The number of nitrogens with zero attached hydrogens (tertiary/aromatic N) is 2. The zero-order chi connectivity index (χ0) is 13.6. The minimum absolute atomic E-state index is 0.0199. The number of aliphatic hydroxyl groups is 1.